The molecule has 0 aromatic carbocycles. The van der Waals surface area contributed by atoms with Gasteiger partial charge in [-0.15, -0.1) is 11.3 Å². The average Bonchev–Trinajstić information content (AvgIpc) is 2.72. The summed E-state index contributed by atoms with van der Waals surface area (Å²) in [4.78, 5) is 8.76. The van der Waals surface area contributed by atoms with Crippen molar-refractivity contribution >= 4 is 27.3 Å². The lowest BCUT2D eigenvalue weighted by Crippen LogP contribution is -2.18. The normalized spacial score (nSPS) is 13.0. The Balaban J connectivity index is 2.20. The van der Waals surface area contributed by atoms with Gasteiger partial charge in [0.15, 0.2) is 0 Å². The van der Waals surface area contributed by atoms with Crippen molar-refractivity contribution in [2.75, 3.05) is 0 Å². The van der Waals surface area contributed by atoms with Crippen LogP contribution in [0.5, 0.6) is 0 Å². The highest BCUT2D eigenvalue weighted by atomic mass is 79.9. The van der Waals surface area contributed by atoms with Crippen molar-refractivity contribution in [3.8, 4) is 10.6 Å². The van der Waals surface area contributed by atoms with Crippen molar-refractivity contribution in [2.24, 2.45) is 5.73 Å². The fourth-order valence-corrected chi connectivity index (χ4v) is 2.74. The smallest absolute Gasteiger partial charge is 0.108 e. The van der Waals surface area contributed by atoms with E-state index in [1.807, 2.05) is 13.1 Å². The van der Waals surface area contributed by atoms with Gasteiger partial charge in [0, 0.05) is 22.3 Å². The summed E-state index contributed by atoms with van der Waals surface area (Å²) in [6, 6.07) is 2.22. The maximum absolute atomic E-state index is 5.71. The highest BCUT2D eigenvalue weighted by molar-refractivity contribution is 9.10. The van der Waals surface area contributed by atoms with Gasteiger partial charge in [0.2, 0.25) is 0 Å². The molecular formula is C10H12BrN3S. The number of rotatable bonds is 3. The predicted octanol–water partition coefficient (Wildman–Crippen LogP) is 2.79. The van der Waals surface area contributed by atoms with Crippen molar-refractivity contribution in [3.05, 3.63) is 27.9 Å². The zero-order valence-corrected chi connectivity index (χ0v) is 10.7. The lowest BCUT2D eigenvalue weighted by atomic mass is 10.2. The summed E-state index contributed by atoms with van der Waals surface area (Å²) in [6.07, 6.45) is 2.64. The van der Waals surface area contributed by atoms with Crippen LogP contribution < -0.4 is 5.73 Å². The molecule has 0 radical (unpaired) electrons. The SMILES string of the molecule is CC(N)Cc1ncc(-c2cc(Br)cs2)[nH]1. The van der Waals surface area contributed by atoms with Crippen LogP contribution in [-0.2, 0) is 6.42 Å². The Labute approximate surface area is 101 Å². The minimum absolute atomic E-state index is 0.138. The summed E-state index contributed by atoms with van der Waals surface area (Å²) >= 11 is 5.12. The summed E-state index contributed by atoms with van der Waals surface area (Å²) in [5.41, 5.74) is 6.77. The molecule has 2 aromatic rings. The largest absolute Gasteiger partial charge is 0.341 e. The second-order valence-electron chi connectivity index (χ2n) is 3.55. The maximum Gasteiger partial charge on any atom is 0.108 e. The third-order valence-electron chi connectivity index (χ3n) is 1.98. The first-order chi connectivity index (χ1) is 7.15. The number of imidazole rings is 1. The van der Waals surface area contributed by atoms with Crippen LogP contribution in [0.2, 0.25) is 0 Å². The van der Waals surface area contributed by atoms with Crippen molar-refractivity contribution in [1.82, 2.24) is 9.97 Å². The Bertz CT molecular complexity index is 447. The maximum atomic E-state index is 5.71. The van der Waals surface area contributed by atoms with E-state index in [0.29, 0.717) is 0 Å². The third-order valence-corrected chi connectivity index (χ3v) is 3.70. The van der Waals surface area contributed by atoms with E-state index in [-0.39, 0.29) is 6.04 Å². The van der Waals surface area contributed by atoms with Gasteiger partial charge in [-0.1, -0.05) is 0 Å². The van der Waals surface area contributed by atoms with E-state index in [1.165, 1.54) is 4.88 Å². The van der Waals surface area contributed by atoms with Crippen molar-refractivity contribution in [1.29, 1.82) is 0 Å². The molecule has 1 atom stereocenters. The quantitative estimate of drug-likeness (QED) is 0.911. The molecule has 0 fully saturated rings. The molecule has 15 heavy (non-hydrogen) atoms. The highest BCUT2D eigenvalue weighted by Gasteiger charge is 2.06. The molecule has 80 valence electrons. The van der Waals surface area contributed by atoms with Crippen LogP contribution in [0.3, 0.4) is 0 Å². The van der Waals surface area contributed by atoms with Crippen LogP contribution in [0, 0.1) is 0 Å². The van der Waals surface area contributed by atoms with E-state index >= 15 is 0 Å². The molecule has 0 amide bonds. The Morgan fingerprint density at radius 1 is 1.67 bits per heavy atom. The lowest BCUT2D eigenvalue weighted by molar-refractivity contribution is 0.710. The molecule has 2 rings (SSSR count). The fourth-order valence-electron chi connectivity index (χ4n) is 1.35. The number of hydrogen-bond acceptors (Lipinski definition) is 3. The van der Waals surface area contributed by atoms with E-state index < -0.39 is 0 Å². The first-order valence-electron chi connectivity index (χ1n) is 4.69. The van der Waals surface area contributed by atoms with Gasteiger partial charge in [-0.2, -0.15) is 0 Å². The molecule has 0 saturated carbocycles. The van der Waals surface area contributed by atoms with Crippen molar-refractivity contribution in [3.63, 3.8) is 0 Å². The van der Waals surface area contributed by atoms with Gasteiger partial charge in [-0.3, -0.25) is 0 Å². The average molecular weight is 286 g/mol. The molecular weight excluding hydrogens is 274 g/mol. The monoisotopic (exact) mass is 285 g/mol. The number of halogens is 1. The molecule has 0 aliphatic carbocycles. The van der Waals surface area contributed by atoms with Gasteiger partial charge in [0.05, 0.1) is 16.8 Å². The summed E-state index contributed by atoms with van der Waals surface area (Å²) < 4.78 is 1.10. The number of aromatic amines is 1. The van der Waals surface area contributed by atoms with Gasteiger partial charge in [0.1, 0.15) is 5.82 Å². The number of aromatic nitrogens is 2. The second-order valence-corrected chi connectivity index (χ2v) is 5.38. The molecule has 0 aliphatic rings. The molecule has 3 N–H and O–H groups in total. The number of H-pyrrole nitrogens is 1. The van der Waals surface area contributed by atoms with E-state index in [1.54, 1.807) is 11.3 Å². The zero-order chi connectivity index (χ0) is 10.8. The van der Waals surface area contributed by atoms with Crippen molar-refractivity contribution < 1.29 is 0 Å². The van der Waals surface area contributed by atoms with Crippen LogP contribution in [0.4, 0.5) is 0 Å². The standard InChI is InChI=1S/C10H12BrN3S/c1-6(12)2-10-13-4-8(14-10)9-3-7(11)5-15-9/h3-6H,2,12H2,1H3,(H,13,14). The third kappa shape index (κ3) is 2.68. The topological polar surface area (TPSA) is 54.7 Å². The molecule has 0 bridgehead atoms. The molecule has 0 saturated heterocycles. The van der Waals surface area contributed by atoms with Crippen LogP contribution in [0.1, 0.15) is 12.7 Å². The first kappa shape index (κ1) is 10.9. The van der Waals surface area contributed by atoms with E-state index in [2.05, 4.69) is 37.3 Å². The Morgan fingerprint density at radius 2 is 2.47 bits per heavy atom. The van der Waals surface area contributed by atoms with Crippen LogP contribution in [0.15, 0.2) is 22.1 Å². The Kier molecular flexibility index (Phi) is 3.23. The Morgan fingerprint density at radius 3 is 3.07 bits per heavy atom. The van der Waals surface area contributed by atoms with Gasteiger partial charge >= 0.3 is 0 Å². The predicted molar refractivity (Wildman–Crippen MR) is 67.0 cm³/mol. The molecule has 5 heteroatoms. The number of nitrogens with zero attached hydrogens (tertiary/aromatic N) is 1. The second kappa shape index (κ2) is 4.47. The number of nitrogens with two attached hydrogens (primary N) is 1. The summed E-state index contributed by atoms with van der Waals surface area (Å²) in [7, 11) is 0. The van der Waals surface area contributed by atoms with Gasteiger partial charge < -0.3 is 10.7 Å². The molecule has 1 unspecified atom stereocenters. The van der Waals surface area contributed by atoms with Gasteiger partial charge in [-0.25, -0.2) is 4.98 Å². The van der Waals surface area contributed by atoms with E-state index in [4.69, 9.17) is 5.73 Å². The number of nitrogens with one attached hydrogen (secondary N) is 1. The molecule has 0 spiro atoms. The highest BCUT2D eigenvalue weighted by Crippen LogP contribution is 2.28. The fraction of sp³-hybridized carbons (Fsp3) is 0.300. The van der Waals surface area contributed by atoms with E-state index in [0.717, 1.165) is 22.4 Å². The summed E-state index contributed by atoms with van der Waals surface area (Å²) in [5, 5.41) is 2.06. The molecule has 2 aromatic heterocycles. The zero-order valence-electron chi connectivity index (χ0n) is 8.33. The van der Waals surface area contributed by atoms with Crippen LogP contribution in [0.25, 0.3) is 10.6 Å². The van der Waals surface area contributed by atoms with Crippen LogP contribution >= 0.6 is 27.3 Å². The minimum atomic E-state index is 0.138. The number of hydrogen-bond donors (Lipinski definition) is 2. The first-order valence-corrected chi connectivity index (χ1v) is 6.36. The molecule has 2 heterocycles. The van der Waals surface area contributed by atoms with Crippen LogP contribution in [-0.4, -0.2) is 16.0 Å². The van der Waals surface area contributed by atoms with E-state index in [9.17, 15) is 0 Å². The van der Waals surface area contributed by atoms with Crippen molar-refractivity contribution in [2.45, 2.75) is 19.4 Å². The summed E-state index contributed by atoms with van der Waals surface area (Å²) in [5.74, 6) is 0.949. The number of thiophene rings is 1. The molecule has 3 nitrogen and oxygen atoms in total. The molecule has 0 aliphatic heterocycles. The van der Waals surface area contributed by atoms with Gasteiger partial charge in [0.25, 0.3) is 0 Å². The minimum Gasteiger partial charge on any atom is -0.341 e. The Hall–Kier alpha value is -0.650. The van der Waals surface area contributed by atoms with Gasteiger partial charge in [-0.05, 0) is 28.9 Å². The summed E-state index contributed by atoms with van der Waals surface area (Å²) in [6.45, 7) is 1.98. The lowest BCUT2D eigenvalue weighted by Gasteiger charge is -1.99.